The van der Waals surface area contributed by atoms with Crippen molar-refractivity contribution in [3.8, 4) is 11.8 Å². The van der Waals surface area contributed by atoms with Crippen molar-refractivity contribution >= 4 is 11.3 Å². The van der Waals surface area contributed by atoms with Gasteiger partial charge in [-0.3, -0.25) is 9.80 Å². The lowest BCUT2D eigenvalue weighted by Crippen LogP contribution is -2.49. The van der Waals surface area contributed by atoms with Gasteiger partial charge < -0.3 is 10.0 Å². The molecule has 1 atom stereocenters. The van der Waals surface area contributed by atoms with Gasteiger partial charge in [-0.05, 0) is 25.6 Å². The average molecular weight is 319 g/mol. The molecule has 0 radical (unpaired) electrons. The molecular formula is C17H25N3OS. The average Bonchev–Trinajstić information content (AvgIpc) is 3.16. The van der Waals surface area contributed by atoms with Gasteiger partial charge in [0, 0.05) is 56.7 Å². The van der Waals surface area contributed by atoms with Crippen LogP contribution in [-0.4, -0.2) is 78.8 Å². The summed E-state index contributed by atoms with van der Waals surface area (Å²) in [4.78, 5) is 10.1. The second-order valence-corrected chi connectivity index (χ2v) is 7.41. The molecular weight excluding hydrogens is 294 g/mol. The van der Waals surface area contributed by atoms with Crippen molar-refractivity contribution in [1.82, 2.24) is 14.7 Å². The minimum atomic E-state index is -0.0634. The molecule has 2 saturated heterocycles. The maximum atomic E-state index is 8.75. The second-order valence-electron chi connectivity index (χ2n) is 6.24. The zero-order valence-electron chi connectivity index (χ0n) is 13.3. The maximum absolute atomic E-state index is 8.75. The SMILES string of the molecule is CN1CCN(C2CCN(Cc3ccc(C#CCO)s3)C2)CC1. The van der Waals surface area contributed by atoms with Crippen molar-refractivity contribution < 1.29 is 5.11 Å². The van der Waals surface area contributed by atoms with Gasteiger partial charge in [0.15, 0.2) is 0 Å². The standard InChI is InChI=1S/C17H25N3OS/c1-18-8-10-20(11-9-18)15-6-7-19(13-15)14-17-5-4-16(22-17)3-2-12-21/h4-5,15,21H,6-14H2,1H3. The van der Waals surface area contributed by atoms with Crippen molar-refractivity contribution in [1.29, 1.82) is 0 Å². The summed E-state index contributed by atoms with van der Waals surface area (Å²) in [7, 11) is 2.21. The highest BCUT2D eigenvalue weighted by Crippen LogP contribution is 2.22. The van der Waals surface area contributed by atoms with Crippen LogP contribution in [-0.2, 0) is 6.54 Å². The number of aliphatic hydroxyl groups is 1. The first-order chi connectivity index (χ1) is 10.7. The predicted molar refractivity (Wildman–Crippen MR) is 91.0 cm³/mol. The van der Waals surface area contributed by atoms with Gasteiger partial charge in [0.05, 0.1) is 4.88 Å². The molecule has 0 aromatic carbocycles. The largest absolute Gasteiger partial charge is 0.384 e. The van der Waals surface area contributed by atoms with Crippen LogP contribution in [0.4, 0.5) is 0 Å². The predicted octanol–water partition coefficient (Wildman–Crippen LogP) is 0.914. The van der Waals surface area contributed by atoms with Crippen LogP contribution in [0.3, 0.4) is 0 Å². The van der Waals surface area contributed by atoms with Gasteiger partial charge in [0.2, 0.25) is 0 Å². The van der Waals surface area contributed by atoms with Gasteiger partial charge >= 0.3 is 0 Å². The fraction of sp³-hybridized carbons (Fsp3) is 0.647. The van der Waals surface area contributed by atoms with Gasteiger partial charge in [-0.2, -0.15) is 0 Å². The van der Waals surface area contributed by atoms with E-state index in [4.69, 9.17) is 5.11 Å². The normalized spacial score (nSPS) is 24.4. The number of nitrogens with zero attached hydrogens (tertiary/aromatic N) is 3. The van der Waals surface area contributed by atoms with Crippen molar-refractivity contribution in [2.75, 3.05) is 52.9 Å². The Balaban J connectivity index is 1.49. The van der Waals surface area contributed by atoms with E-state index in [0.29, 0.717) is 0 Å². The smallest absolute Gasteiger partial charge is 0.104 e. The Labute approximate surface area is 137 Å². The topological polar surface area (TPSA) is 30.0 Å². The molecule has 2 aliphatic heterocycles. The summed E-state index contributed by atoms with van der Waals surface area (Å²) in [6.45, 7) is 8.21. The lowest BCUT2D eigenvalue weighted by molar-refractivity contribution is 0.112. The minimum Gasteiger partial charge on any atom is -0.384 e. The Morgan fingerprint density at radius 3 is 2.82 bits per heavy atom. The van der Waals surface area contributed by atoms with E-state index in [1.165, 1.54) is 50.6 Å². The Morgan fingerprint density at radius 2 is 2.05 bits per heavy atom. The quantitative estimate of drug-likeness (QED) is 0.839. The van der Waals surface area contributed by atoms with E-state index in [2.05, 4.69) is 45.7 Å². The molecule has 4 nitrogen and oxygen atoms in total. The number of hydrogen-bond acceptors (Lipinski definition) is 5. The zero-order valence-corrected chi connectivity index (χ0v) is 14.1. The lowest BCUT2D eigenvalue weighted by atomic mass is 10.2. The first-order valence-corrected chi connectivity index (χ1v) is 8.89. The minimum absolute atomic E-state index is 0.0634. The molecule has 1 aromatic rings. The van der Waals surface area contributed by atoms with E-state index >= 15 is 0 Å². The lowest BCUT2D eigenvalue weighted by Gasteiger charge is -2.36. The number of aliphatic hydroxyl groups excluding tert-OH is 1. The molecule has 0 amide bonds. The van der Waals surface area contributed by atoms with Crippen LogP contribution in [0.1, 0.15) is 16.2 Å². The fourth-order valence-corrected chi connectivity index (χ4v) is 4.24. The molecule has 5 heteroatoms. The fourth-order valence-electron chi connectivity index (χ4n) is 3.32. The van der Waals surface area contributed by atoms with Gasteiger partial charge in [-0.25, -0.2) is 0 Å². The summed E-state index contributed by atoms with van der Waals surface area (Å²) in [6, 6.07) is 4.98. The van der Waals surface area contributed by atoms with Gasteiger partial charge in [-0.1, -0.05) is 11.8 Å². The van der Waals surface area contributed by atoms with Crippen molar-refractivity contribution in [2.24, 2.45) is 0 Å². The van der Waals surface area contributed by atoms with Crippen molar-refractivity contribution in [2.45, 2.75) is 19.0 Å². The summed E-state index contributed by atoms with van der Waals surface area (Å²) in [5, 5.41) is 8.75. The molecule has 0 saturated carbocycles. The van der Waals surface area contributed by atoms with Crippen LogP contribution in [0.15, 0.2) is 12.1 Å². The van der Waals surface area contributed by atoms with E-state index in [-0.39, 0.29) is 6.61 Å². The summed E-state index contributed by atoms with van der Waals surface area (Å²) in [5.74, 6) is 5.71. The van der Waals surface area contributed by atoms with Crippen LogP contribution < -0.4 is 0 Å². The highest BCUT2D eigenvalue weighted by molar-refractivity contribution is 7.12. The number of piperazine rings is 1. The molecule has 22 heavy (non-hydrogen) atoms. The maximum Gasteiger partial charge on any atom is 0.104 e. The van der Waals surface area contributed by atoms with Crippen LogP contribution in [0, 0.1) is 11.8 Å². The number of likely N-dealkylation sites (N-methyl/N-ethyl adjacent to an activating group) is 1. The third kappa shape index (κ3) is 4.09. The first kappa shape index (κ1) is 16.0. The second kappa shape index (κ2) is 7.58. The number of thiophene rings is 1. The van der Waals surface area contributed by atoms with E-state index in [9.17, 15) is 0 Å². The summed E-state index contributed by atoms with van der Waals surface area (Å²) in [5.41, 5.74) is 0. The number of hydrogen-bond donors (Lipinski definition) is 1. The summed E-state index contributed by atoms with van der Waals surface area (Å²) < 4.78 is 0. The van der Waals surface area contributed by atoms with Crippen LogP contribution in [0.25, 0.3) is 0 Å². The molecule has 1 aromatic heterocycles. The molecule has 0 spiro atoms. The third-order valence-corrected chi connectivity index (χ3v) is 5.62. The Kier molecular flexibility index (Phi) is 5.51. The molecule has 3 heterocycles. The molecule has 3 rings (SSSR count). The third-order valence-electron chi connectivity index (χ3n) is 4.63. The van der Waals surface area contributed by atoms with E-state index in [1.807, 2.05) is 0 Å². The van der Waals surface area contributed by atoms with E-state index < -0.39 is 0 Å². The molecule has 2 aliphatic rings. The molecule has 2 fully saturated rings. The summed E-state index contributed by atoms with van der Waals surface area (Å²) >= 11 is 1.75. The van der Waals surface area contributed by atoms with E-state index in [1.54, 1.807) is 11.3 Å². The van der Waals surface area contributed by atoms with Crippen molar-refractivity contribution in [3.05, 3.63) is 21.9 Å². The Hall–Kier alpha value is -0.900. The van der Waals surface area contributed by atoms with Gasteiger partial charge in [-0.15, -0.1) is 11.3 Å². The molecule has 1 unspecified atom stereocenters. The van der Waals surface area contributed by atoms with Crippen molar-refractivity contribution in [3.63, 3.8) is 0 Å². The van der Waals surface area contributed by atoms with Gasteiger partial charge in [0.25, 0.3) is 0 Å². The molecule has 0 bridgehead atoms. The molecule has 1 N–H and O–H groups in total. The molecule has 120 valence electrons. The van der Waals surface area contributed by atoms with Crippen LogP contribution in [0.5, 0.6) is 0 Å². The number of likely N-dealkylation sites (tertiary alicyclic amines) is 1. The highest BCUT2D eigenvalue weighted by atomic mass is 32.1. The summed E-state index contributed by atoms with van der Waals surface area (Å²) in [6.07, 6.45) is 1.30. The highest BCUT2D eigenvalue weighted by Gasteiger charge is 2.29. The molecule has 0 aliphatic carbocycles. The van der Waals surface area contributed by atoms with E-state index in [0.717, 1.165) is 17.5 Å². The monoisotopic (exact) mass is 319 g/mol. The Morgan fingerprint density at radius 1 is 1.23 bits per heavy atom. The Bertz CT molecular complexity index is 540. The van der Waals surface area contributed by atoms with Crippen LogP contribution >= 0.6 is 11.3 Å². The number of rotatable bonds is 3. The van der Waals surface area contributed by atoms with Gasteiger partial charge in [0.1, 0.15) is 6.61 Å². The first-order valence-electron chi connectivity index (χ1n) is 8.08. The zero-order chi connectivity index (χ0) is 15.4. The van der Waals surface area contributed by atoms with Crippen LogP contribution in [0.2, 0.25) is 0 Å².